The molecule has 0 spiro atoms. The molecule has 0 amide bonds. The van der Waals surface area contributed by atoms with Crippen LogP contribution >= 0.6 is 47.3 Å². The maximum atomic E-state index is 5.86. The minimum Gasteiger partial charge on any atom is -0.377 e. The van der Waals surface area contributed by atoms with E-state index in [-0.39, 0.29) is 29.6 Å². The first-order valence-corrected chi connectivity index (χ1v) is 8.21. The number of hydrogen-bond donors (Lipinski definition) is 2. The number of nitrogens with one attached hydrogen (secondary N) is 2. The van der Waals surface area contributed by atoms with Gasteiger partial charge in [-0.3, -0.25) is 4.99 Å². The van der Waals surface area contributed by atoms with E-state index in [0.29, 0.717) is 6.54 Å². The molecule has 0 saturated carbocycles. The summed E-state index contributed by atoms with van der Waals surface area (Å²) in [6.07, 6.45) is 0. The summed E-state index contributed by atoms with van der Waals surface area (Å²) in [7, 11) is 3.47. The summed E-state index contributed by atoms with van der Waals surface area (Å²) in [6.45, 7) is 5.60. The van der Waals surface area contributed by atoms with E-state index in [2.05, 4.69) is 15.6 Å². The summed E-state index contributed by atoms with van der Waals surface area (Å²) in [5.41, 5.74) is -0.213. The maximum Gasteiger partial charge on any atom is 0.191 e. The highest BCUT2D eigenvalue weighted by Gasteiger charge is 2.16. The Morgan fingerprint density at radius 1 is 1.27 bits per heavy atom. The summed E-state index contributed by atoms with van der Waals surface area (Å²) < 4.78 is 5.37. The smallest absolute Gasteiger partial charge is 0.191 e. The highest BCUT2D eigenvalue weighted by molar-refractivity contribution is 14.0. The van der Waals surface area contributed by atoms with Gasteiger partial charge in [0.15, 0.2) is 5.96 Å². The van der Waals surface area contributed by atoms with Crippen molar-refractivity contribution in [3.05, 3.63) is 29.3 Å². The van der Waals surface area contributed by atoms with Gasteiger partial charge in [-0.05, 0) is 38.1 Å². The van der Waals surface area contributed by atoms with E-state index in [1.165, 1.54) is 4.90 Å². The van der Waals surface area contributed by atoms with Crippen molar-refractivity contribution in [2.24, 2.45) is 4.99 Å². The zero-order chi connectivity index (χ0) is 15.7. The van der Waals surface area contributed by atoms with Crippen LogP contribution in [0.5, 0.6) is 0 Å². The Kier molecular flexibility index (Phi) is 11.3. The van der Waals surface area contributed by atoms with Crippen molar-refractivity contribution >= 4 is 53.3 Å². The van der Waals surface area contributed by atoms with Crippen LogP contribution < -0.4 is 10.6 Å². The van der Waals surface area contributed by atoms with Crippen LogP contribution in [0, 0.1) is 0 Å². The fourth-order valence-corrected chi connectivity index (χ4v) is 2.35. The summed E-state index contributed by atoms with van der Waals surface area (Å²) in [6, 6.07) is 7.87. The Hall–Kier alpha value is -0.180. The monoisotopic (exact) mass is 457 g/mol. The number of nitrogens with zero attached hydrogens (tertiary/aromatic N) is 1. The van der Waals surface area contributed by atoms with Crippen LogP contribution in [0.25, 0.3) is 0 Å². The molecule has 0 aliphatic heterocycles. The van der Waals surface area contributed by atoms with Gasteiger partial charge in [0.2, 0.25) is 0 Å². The lowest BCUT2D eigenvalue weighted by atomic mass is 10.1. The average molecular weight is 458 g/mol. The van der Waals surface area contributed by atoms with Crippen molar-refractivity contribution < 1.29 is 4.74 Å². The largest absolute Gasteiger partial charge is 0.377 e. The predicted octanol–water partition coefficient (Wildman–Crippen LogP) is 3.64. The van der Waals surface area contributed by atoms with Crippen molar-refractivity contribution in [1.29, 1.82) is 0 Å². The molecule has 0 fully saturated rings. The van der Waals surface area contributed by atoms with Gasteiger partial charge in [-0.15, -0.1) is 35.7 Å². The van der Waals surface area contributed by atoms with Gasteiger partial charge in [-0.25, -0.2) is 0 Å². The summed E-state index contributed by atoms with van der Waals surface area (Å²) >= 11 is 7.64. The molecule has 0 aromatic heterocycles. The molecule has 0 heterocycles. The summed E-state index contributed by atoms with van der Waals surface area (Å²) in [4.78, 5) is 5.41. The molecule has 7 heteroatoms. The Labute approximate surface area is 159 Å². The van der Waals surface area contributed by atoms with Gasteiger partial charge in [-0.2, -0.15) is 0 Å². The Morgan fingerprint density at radius 2 is 1.91 bits per heavy atom. The third-order valence-corrected chi connectivity index (χ3v) is 4.20. The summed E-state index contributed by atoms with van der Waals surface area (Å²) in [5.74, 6) is 1.74. The van der Waals surface area contributed by atoms with E-state index < -0.39 is 0 Å². The van der Waals surface area contributed by atoms with E-state index in [4.69, 9.17) is 16.3 Å². The van der Waals surface area contributed by atoms with E-state index in [0.717, 1.165) is 23.3 Å². The van der Waals surface area contributed by atoms with Gasteiger partial charge in [-0.1, -0.05) is 11.6 Å². The molecule has 1 aromatic carbocycles. The SMILES string of the molecule is CN=C(NCCSc1ccc(Cl)cc1)NCC(C)(C)OC.I. The number of ether oxygens (including phenoxy) is 1. The predicted molar refractivity (Wildman–Crippen MR) is 108 cm³/mol. The number of halogens is 2. The molecule has 0 atom stereocenters. The van der Waals surface area contributed by atoms with Crippen LogP contribution in [0.3, 0.4) is 0 Å². The molecule has 0 radical (unpaired) electrons. The van der Waals surface area contributed by atoms with Crippen molar-refractivity contribution in [3.8, 4) is 0 Å². The molecular formula is C15H25ClIN3OS. The third-order valence-electron chi connectivity index (χ3n) is 2.93. The molecule has 0 unspecified atom stereocenters. The van der Waals surface area contributed by atoms with Crippen molar-refractivity contribution in [2.75, 3.05) is 33.0 Å². The molecule has 1 aromatic rings. The molecule has 2 N–H and O–H groups in total. The number of guanidine groups is 1. The van der Waals surface area contributed by atoms with Gasteiger partial charge < -0.3 is 15.4 Å². The van der Waals surface area contributed by atoms with Crippen molar-refractivity contribution in [2.45, 2.75) is 24.3 Å². The van der Waals surface area contributed by atoms with Crippen molar-refractivity contribution in [1.82, 2.24) is 10.6 Å². The van der Waals surface area contributed by atoms with Crippen LogP contribution in [-0.2, 0) is 4.74 Å². The number of methoxy groups -OCH3 is 1. The second-order valence-corrected chi connectivity index (χ2v) is 6.72. The first-order chi connectivity index (χ1) is 9.96. The minimum absolute atomic E-state index is 0. The van der Waals surface area contributed by atoms with Gasteiger partial charge in [0.25, 0.3) is 0 Å². The van der Waals surface area contributed by atoms with E-state index in [1.807, 2.05) is 38.1 Å². The highest BCUT2D eigenvalue weighted by atomic mass is 127. The molecule has 22 heavy (non-hydrogen) atoms. The quantitative estimate of drug-likeness (QED) is 0.216. The maximum absolute atomic E-state index is 5.86. The Morgan fingerprint density at radius 3 is 2.45 bits per heavy atom. The lowest BCUT2D eigenvalue weighted by molar-refractivity contribution is 0.0268. The van der Waals surface area contributed by atoms with Crippen LogP contribution in [0.1, 0.15) is 13.8 Å². The number of hydrogen-bond acceptors (Lipinski definition) is 3. The number of aliphatic imine (C=N–C) groups is 1. The number of benzene rings is 1. The second-order valence-electron chi connectivity index (χ2n) is 5.12. The molecule has 0 bridgehead atoms. The first-order valence-electron chi connectivity index (χ1n) is 6.85. The fraction of sp³-hybridized carbons (Fsp3) is 0.533. The molecule has 1 rings (SSSR count). The topological polar surface area (TPSA) is 45.7 Å². The normalized spacial score (nSPS) is 11.8. The second kappa shape index (κ2) is 11.4. The third kappa shape index (κ3) is 9.07. The standard InChI is InChI=1S/C15H24ClN3OS.HI/c1-15(2,20-4)11-19-14(17-3)18-9-10-21-13-7-5-12(16)6-8-13;/h5-8H,9-11H2,1-4H3,(H2,17,18,19);1H. The van der Waals surface area contributed by atoms with Gasteiger partial charge in [0, 0.05) is 42.9 Å². The average Bonchev–Trinajstić information content (AvgIpc) is 2.48. The van der Waals surface area contributed by atoms with E-state index >= 15 is 0 Å². The van der Waals surface area contributed by atoms with Gasteiger partial charge >= 0.3 is 0 Å². The van der Waals surface area contributed by atoms with Crippen LogP contribution in [-0.4, -0.2) is 44.6 Å². The zero-order valence-electron chi connectivity index (χ0n) is 13.5. The van der Waals surface area contributed by atoms with Gasteiger partial charge in [0.05, 0.1) is 5.60 Å². The van der Waals surface area contributed by atoms with Crippen LogP contribution in [0.4, 0.5) is 0 Å². The first kappa shape index (κ1) is 21.8. The lowest BCUT2D eigenvalue weighted by Crippen LogP contribution is -2.45. The fourth-order valence-electron chi connectivity index (χ4n) is 1.46. The highest BCUT2D eigenvalue weighted by Crippen LogP contribution is 2.19. The zero-order valence-corrected chi connectivity index (χ0v) is 17.4. The Balaban J connectivity index is 0.00000441. The van der Waals surface area contributed by atoms with Crippen LogP contribution in [0.2, 0.25) is 5.02 Å². The Bertz CT molecular complexity index is 455. The van der Waals surface area contributed by atoms with Crippen LogP contribution in [0.15, 0.2) is 34.2 Å². The molecule has 0 aliphatic rings. The molecule has 0 aliphatic carbocycles. The summed E-state index contributed by atoms with van der Waals surface area (Å²) in [5, 5.41) is 7.30. The molecule has 0 saturated heterocycles. The van der Waals surface area contributed by atoms with Crippen molar-refractivity contribution in [3.63, 3.8) is 0 Å². The molecular weight excluding hydrogens is 433 g/mol. The lowest BCUT2D eigenvalue weighted by Gasteiger charge is -2.24. The molecule has 126 valence electrons. The number of thioether (sulfide) groups is 1. The minimum atomic E-state index is -0.213. The van der Waals surface area contributed by atoms with E-state index in [1.54, 1.807) is 25.9 Å². The van der Waals surface area contributed by atoms with Gasteiger partial charge in [0.1, 0.15) is 0 Å². The number of rotatable bonds is 7. The molecule has 4 nitrogen and oxygen atoms in total. The van der Waals surface area contributed by atoms with E-state index in [9.17, 15) is 0 Å².